The van der Waals surface area contributed by atoms with E-state index in [0.717, 1.165) is 5.56 Å². The molecule has 0 saturated carbocycles. The second kappa shape index (κ2) is 7.86. The Kier molecular flexibility index (Phi) is 6.10. The lowest BCUT2D eigenvalue weighted by atomic mass is 10.2. The van der Waals surface area contributed by atoms with Gasteiger partial charge in [0.1, 0.15) is 10.9 Å². The molecule has 1 aliphatic heterocycles. The van der Waals surface area contributed by atoms with Crippen molar-refractivity contribution >= 4 is 56.2 Å². The molecule has 0 aromatic heterocycles. The SMILES string of the molecule is C#CCOc1c(Br)cc(/C=C2/SC(=S)N(C)C2=O)cc1OCC. The van der Waals surface area contributed by atoms with Crippen molar-refractivity contribution in [3.8, 4) is 23.8 Å². The van der Waals surface area contributed by atoms with Gasteiger partial charge in [-0.1, -0.05) is 29.9 Å². The molecular weight excluding hydrogens is 398 g/mol. The summed E-state index contributed by atoms with van der Waals surface area (Å²) < 4.78 is 12.4. The van der Waals surface area contributed by atoms with Crippen LogP contribution < -0.4 is 9.47 Å². The van der Waals surface area contributed by atoms with Crippen molar-refractivity contribution in [1.82, 2.24) is 4.90 Å². The first kappa shape index (κ1) is 17.9. The first-order chi connectivity index (χ1) is 11.0. The third-order valence-corrected chi connectivity index (χ3v) is 4.99. The van der Waals surface area contributed by atoms with Gasteiger partial charge in [-0.2, -0.15) is 0 Å². The predicted octanol–water partition coefficient (Wildman–Crippen LogP) is 3.69. The van der Waals surface area contributed by atoms with Crippen LogP contribution in [0.4, 0.5) is 0 Å². The molecule has 0 radical (unpaired) electrons. The molecule has 0 aliphatic carbocycles. The maximum Gasteiger partial charge on any atom is 0.265 e. The van der Waals surface area contributed by atoms with Gasteiger partial charge in [-0.15, -0.1) is 6.42 Å². The van der Waals surface area contributed by atoms with E-state index in [1.54, 1.807) is 13.1 Å². The van der Waals surface area contributed by atoms with Crippen LogP contribution in [0.15, 0.2) is 21.5 Å². The Labute approximate surface area is 153 Å². The Bertz CT molecular complexity index is 725. The first-order valence-corrected chi connectivity index (χ1v) is 8.73. The van der Waals surface area contributed by atoms with Gasteiger partial charge < -0.3 is 9.47 Å². The van der Waals surface area contributed by atoms with E-state index in [9.17, 15) is 4.79 Å². The number of terminal acetylenes is 1. The lowest BCUT2D eigenvalue weighted by Gasteiger charge is -2.13. The molecule has 0 unspecified atom stereocenters. The largest absolute Gasteiger partial charge is 0.490 e. The van der Waals surface area contributed by atoms with Crippen LogP contribution in [0.25, 0.3) is 6.08 Å². The second-order valence-corrected chi connectivity index (χ2v) is 7.03. The van der Waals surface area contributed by atoms with E-state index in [-0.39, 0.29) is 12.5 Å². The lowest BCUT2D eigenvalue weighted by molar-refractivity contribution is -0.121. The standard InChI is InChI=1S/C16H14BrNO3S2/c1-4-6-21-14-11(17)7-10(8-12(14)20-5-2)9-13-15(19)18(3)16(22)23-13/h1,7-9H,5-6H2,2-3H3/b13-9+. The number of rotatable bonds is 5. The fraction of sp³-hybridized carbons (Fsp3) is 0.250. The van der Waals surface area contributed by atoms with Crippen LogP contribution in [0.5, 0.6) is 11.5 Å². The van der Waals surface area contributed by atoms with Gasteiger partial charge in [0.2, 0.25) is 0 Å². The molecule has 120 valence electrons. The lowest BCUT2D eigenvalue weighted by Crippen LogP contribution is -2.22. The topological polar surface area (TPSA) is 38.8 Å². The van der Waals surface area contributed by atoms with Gasteiger partial charge in [-0.25, -0.2) is 0 Å². The number of benzene rings is 1. The predicted molar refractivity (Wildman–Crippen MR) is 101 cm³/mol. The van der Waals surface area contributed by atoms with E-state index < -0.39 is 0 Å². The Morgan fingerprint density at radius 2 is 2.22 bits per heavy atom. The number of likely N-dealkylation sites (N-methyl/N-ethyl adjacent to an activating group) is 1. The number of nitrogens with zero attached hydrogens (tertiary/aromatic N) is 1. The smallest absolute Gasteiger partial charge is 0.265 e. The molecule has 1 heterocycles. The Hall–Kier alpha value is -1.49. The molecule has 1 aromatic rings. The zero-order valence-corrected chi connectivity index (χ0v) is 15.8. The summed E-state index contributed by atoms with van der Waals surface area (Å²) in [6.45, 7) is 2.51. The van der Waals surface area contributed by atoms with Crippen molar-refractivity contribution in [2.24, 2.45) is 0 Å². The molecular formula is C16H14BrNO3S2. The molecule has 0 spiro atoms. The molecule has 0 atom stereocenters. The Morgan fingerprint density at radius 3 is 2.78 bits per heavy atom. The molecule has 1 aromatic carbocycles. The average molecular weight is 412 g/mol. The molecule has 1 amide bonds. The molecule has 7 heteroatoms. The van der Waals surface area contributed by atoms with E-state index in [0.29, 0.717) is 31.8 Å². The minimum absolute atomic E-state index is 0.109. The summed E-state index contributed by atoms with van der Waals surface area (Å²) in [7, 11) is 1.66. The van der Waals surface area contributed by atoms with Crippen LogP contribution in [0.1, 0.15) is 12.5 Å². The minimum atomic E-state index is -0.109. The Balaban J connectivity index is 2.39. The van der Waals surface area contributed by atoms with Gasteiger partial charge in [-0.05, 0) is 46.6 Å². The van der Waals surface area contributed by atoms with Gasteiger partial charge in [0.05, 0.1) is 16.0 Å². The van der Waals surface area contributed by atoms with Crippen LogP contribution in [-0.4, -0.2) is 35.4 Å². The van der Waals surface area contributed by atoms with Crippen molar-refractivity contribution in [1.29, 1.82) is 0 Å². The highest BCUT2D eigenvalue weighted by Gasteiger charge is 2.28. The molecule has 1 aliphatic rings. The highest BCUT2D eigenvalue weighted by atomic mass is 79.9. The van der Waals surface area contributed by atoms with Gasteiger partial charge in [0.15, 0.2) is 11.5 Å². The highest BCUT2D eigenvalue weighted by molar-refractivity contribution is 9.10. The molecule has 1 saturated heterocycles. The van der Waals surface area contributed by atoms with E-state index in [1.807, 2.05) is 19.1 Å². The van der Waals surface area contributed by atoms with Crippen molar-refractivity contribution in [2.75, 3.05) is 20.3 Å². The molecule has 2 rings (SSSR count). The summed E-state index contributed by atoms with van der Waals surface area (Å²) in [4.78, 5) is 14.1. The minimum Gasteiger partial charge on any atom is -0.490 e. The van der Waals surface area contributed by atoms with E-state index in [1.165, 1.54) is 16.7 Å². The van der Waals surface area contributed by atoms with Gasteiger partial charge in [0.25, 0.3) is 5.91 Å². The van der Waals surface area contributed by atoms with Crippen LogP contribution in [0.3, 0.4) is 0 Å². The van der Waals surface area contributed by atoms with Gasteiger partial charge in [-0.3, -0.25) is 9.69 Å². The molecule has 0 bridgehead atoms. The average Bonchev–Trinajstić information content (AvgIpc) is 2.74. The maximum atomic E-state index is 12.1. The summed E-state index contributed by atoms with van der Waals surface area (Å²) in [5.41, 5.74) is 0.808. The van der Waals surface area contributed by atoms with Crippen LogP contribution in [0.2, 0.25) is 0 Å². The number of carbonyl (C=O) groups excluding carboxylic acids is 1. The number of halogens is 1. The van der Waals surface area contributed by atoms with E-state index >= 15 is 0 Å². The number of hydrogen-bond acceptors (Lipinski definition) is 5. The third-order valence-electron chi connectivity index (χ3n) is 2.92. The normalized spacial score (nSPS) is 15.9. The van der Waals surface area contributed by atoms with Crippen LogP contribution in [0, 0.1) is 12.3 Å². The quantitative estimate of drug-likeness (QED) is 0.419. The second-order valence-electron chi connectivity index (χ2n) is 4.50. The highest BCUT2D eigenvalue weighted by Crippen LogP contribution is 2.39. The summed E-state index contributed by atoms with van der Waals surface area (Å²) in [5, 5.41) is 0. The zero-order valence-electron chi connectivity index (χ0n) is 12.6. The number of amides is 1. The first-order valence-electron chi connectivity index (χ1n) is 6.72. The summed E-state index contributed by atoms with van der Waals surface area (Å²) in [6.07, 6.45) is 7.01. The fourth-order valence-electron chi connectivity index (χ4n) is 1.89. The van der Waals surface area contributed by atoms with Gasteiger partial charge >= 0.3 is 0 Å². The molecule has 23 heavy (non-hydrogen) atoms. The monoisotopic (exact) mass is 411 g/mol. The number of hydrogen-bond donors (Lipinski definition) is 0. The van der Waals surface area contributed by atoms with Crippen molar-refractivity contribution in [2.45, 2.75) is 6.92 Å². The number of thiocarbonyl (C=S) groups is 1. The van der Waals surface area contributed by atoms with Crippen LogP contribution in [-0.2, 0) is 4.79 Å². The van der Waals surface area contributed by atoms with Crippen molar-refractivity contribution < 1.29 is 14.3 Å². The van der Waals surface area contributed by atoms with E-state index in [4.69, 9.17) is 28.1 Å². The number of carbonyl (C=O) groups is 1. The summed E-state index contributed by atoms with van der Waals surface area (Å²) in [5.74, 6) is 3.43. The molecule has 4 nitrogen and oxygen atoms in total. The zero-order chi connectivity index (χ0) is 17.0. The fourth-order valence-corrected chi connectivity index (χ4v) is 3.64. The van der Waals surface area contributed by atoms with Crippen molar-refractivity contribution in [3.63, 3.8) is 0 Å². The molecule has 1 fully saturated rings. The molecule has 0 N–H and O–H groups in total. The van der Waals surface area contributed by atoms with Crippen molar-refractivity contribution in [3.05, 3.63) is 27.1 Å². The number of ether oxygens (including phenoxy) is 2. The summed E-state index contributed by atoms with van der Waals surface area (Å²) >= 11 is 9.86. The summed E-state index contributed by atoms with van der Waals surface area (Å²) in [6, 6.07) is 3.65. The Morgan fingerprint density at radius 1 is 1.48 bits per heavy atom. The van der Waals surface area contributed by atoms with E-state index in [2.05, 4.69) is 21.9 Å². The third kappa shape index (κ3) is 4.08. The van der Waals surface area contributed by atoms with Crippen LogP contribution >= 0.6 is 39.9 Å². The number of thioether (sulfide) groups is 1. The maximum absolute atomic E-state index is 12.1. The van der Waals surface area contributed by atoms with Gasteiger partial charge in [0, 0.05) is 7.05 Å².